The molecule has 8 rings (SSSR count). The molecule has 34 heavy (non-hydrogen) atoms. The first-order chi connectivity index (χ1) is 16.6. The summed E-state index contributed by atoms with van der Waals surface area (Å²) in [4.78, 5) is 22.8. The van der Waals surface area contributed by atoms with Gasteiger partial charge in [0.25, 0.3) is 0 Å². The van der Waals surface area contributed by atoms with Crippen molar-refractivity contribution in [2.45, 2.75) is 62.4 Å². The summed E-state index contributed by atoms with van der Waals surface area (Å²) >= 11 is 0. The number of rotatable bonds is 3. The second kappa shape index (κ2) is 6.66. The van der Waals surface area contributed by atoms with Gasteiger partial charge in [0.2, 0.25) is 0 Å². The molecule has 3 heterocycles. The number of nitrogens with zero attached hydrogens (tertiary/aromatic N) is 4. The van der Waals surface area contributed by atoms with Crippen LogP contribution in [-0.4, -0.2) is 64.2 Å². The molecule has 4 bridgehead atoms. The van der Waals surface area contributed by atoms with Gasteiger partial charge in [-0.05, 0) is 97.9 Å². The molecule has 0 radical (unpaired) electrons. The lowest BCUT2D eigenvalue weighted by Crippen LogP contribution is -2.70. The molecule has 1 amide bonds. The first-order valence-electron chi connectivity index (χ1n) is 13.3. The van der Waals surface area contributed by atoms with Crippen LogP contribution in [0, 0.1) is 23.2 Å². The molecule has 6 heteroatoms. The van der Waals surface area contributed by atoms with E-state index in [-0.39, 0.29) is 11.4 Å². The fourth-order valence-electron chi connectivity index (χ4n) is 9.80. The number of benzene rings is 1. The summed E-state index contributed by atoms with van der Waals surface area (Å²) in [7, 11) is 1.80. The van der Waals surface area contributed by atoms with Crippen LogP contribution in [0.15, 0.2) is 36.9 Å². The van der Waals surface area contributed by atoms with E-state index in [9.17, 15) is 4.79 Å². The molecule has 5 fully saturated rings. The van der Waals surface area contributed by atoms with Crippen LogP contribution in [-0.2, 0) is 11.8 Å². The van der Waals surface area contributed by atoms with Crippen molar-refractivity contribution in [2.75, 3.05) is 26.7 Å². The van der Waals surface area contributed by atoms with Gasteiger partial charge in [-0.15, -0.1) is 0 Å². The van der Waals surface area contributed by atoms with Gasteiger partial charge in [0.1, 0.15) is 12.1 Å². The summed E-state index contributed by atoms with van der Waals surface area (Å²) < 4.78 is 7.44. The zero-order valence-corrected chi connectivity index (χ0v) is 20.0. The first-order valence-corrected chi connectivity index (χ1v) is 13.3. The summed E-state index contributed by atoms with van der Waals surface area (Å²) in [5.74, 6) is 3.08. The Kier molecular flexibility index (Phi) is 3.90. The van der Waals surface area contributed by atoms with E-state index < -0.39 is 0 Å². The van der Waals surface area contributed by atoms with E-state index in [0.717, 1.165) is 24.6 Å². The number of methoxy groups -OCH3 is 1. The maximum atomic E-state index is 13.5. The minimum Gasteiger partial charge on any atom is -0.497 e. The summed E-state index contributed by atoms with van der Waals surface area (Å²) in [6.45, 7) is 3.42. The third kappa shape index (κ3) is 2.31. The lowest BCUT2D eigenvalue weighted by atomic mass is 9.43. The molecule has 2 saturated heterocycles. The second-order valence-electron chi connectivity index (χ2n) is 12.1. The predicted molar refractivity (Wildman–Crippen MR) is 128 cm³/mol. The topological polar surface area (TPSA) is 50.6 Å². The van der Waals surface area contributed by atoms with Crippen molar-refractivity contribution in [2.24, 2.45) is 23.2 Å². The van der Waals surface area contributed by atoms with Gasteiger partial charge in [0, 0.05) is 43.0 Å². The number of carbonyl (C=O) groups is 1. The summed E-state index contributed by atoms with van der Waals surface area (Å²) in [5, 5.41) is 0. The Hall–Kier alpha value is -2.34. The van der Waals surface area contributed by atoms with Crippen molar-refractivity contribution in [3.05, 3.63) is 48.0 Å². The molecule has 6 atom stereocenters. The van der Waals surface area contributed by atoms with Gasteiger partial charge in [0.15, 0.2) is 0 Å². The Labute approximate surface area is 201 Å². The van der Waals surface area contributed by atoms with Crippen molar-refractivity contribution in [3.8, 4) is 5.75 Å². The highest BCUT2D eigenvalue weighted by Gasteiger charge is 2.76. The van der Waals surface area contributed by atoms with Crippen molar-refractivity contribution in [3.63, 3.8) is 0 Å². The van der Waals surface area contributed by atoms with Crippen molar-refractivity contribution >= 4 is 6.03 Å². The fraction of sp³-hybridized carbons (Fsp3) is 0.643. The molecule has 1 aromatic carbocycles. The van der Waals surface area contributed by atoms with E-state index in [1.807, 2.05) is 0 Å². The Balaban J connectivity index is 1.27. The van der Waals surface area contributed by atoms with Crippen LogP contribution >= 0.6 is 0 Å². The summed E-state index contributed by atoms with van der Waals surface area (Å²) in [6, 6.07) is 8.03. The van der Waals surface area contributed by atoms with Crippen LogP contribution in [0.3, 0.4) is 0 Å². The van der Waals surface area contributed by atoms with Crippen molar-refractivity contribution in [1.82, 2.24) is 19.4 Å². The average Bonchev–Trinajstić information content (AvgIpc) is 3.27. The number of hydrogen-bond acceptors (Lipinski definition) is 4. The van der Waals surface area contributed by atoms with Crippen LogP contribution in [0.1, 0.15) is 49.7 Å². The molecule has 2 aliphatic heterocycles. The molecular formula is C28H34N4O2. The zero-order chi connectivity index (χ0) is 22.7. The first kappa shape index (κ1) is 19.9. The van der Waals surface area contributed by atoms with E-state index in [4.69, 9.17) is 4.74 Å². The number of likely N-dealkylation sites (tertiary alicyclic amines) is 2. The number of imidazole rings is 1. The molecule has 1 aromatic heterocycles. The Bertz CT molecular complexity index is 1160. The van der Waals surface area contributed by atoms with Gasteiger partial charge in [-0.3, -0.25) is 9.47 Å². The van der Waals surface area contributed by atoms with E-state index in [2.05, 4.69) is 33.0 Å². The number of ether oxygens (including phenoxy) is 1. The largest absolute Gasteiger partial charge is 0.497 e. The van der Waals surface area contributed by atoms with E-state index >= 15 is 0 Å². The molecular weight excluding hydrogens is 424 g/mol. The highest BCUT2D eigenvalue weighted by atomic mass is 16.5. The van der Waals surface area contributed by atoms with Crippen molar-refractivity contribution < 1.29 is 9.53 Å². The van der Waals surface area contributed by atoms with Crippen LogP contribution in [0.4, 0.5) is 4.79 Å². The van der Waals surface area contributed by atoms with Crippen molar-refractivity contribution in [1.29, 1.82) is 0 Å². The normalized spacial score (nSPS) is 39.6. The second-order valence-corrected chi connectivity index (χ2v) is 12.1. The third-order valence-corrected chi connectivity index (χ3v) is 11.0. The van der Waals surface area contributed by atoms with E-state index in [1.165, 1.54) is 51.6 Å². The molecule has 6 aliphatic rings. The highest BCUT2D eigenvalue weighted by molar-refractivity contribution is 5.77. The highest BCUT2D eigenvalue weighted by Crippen LogP contribution is 2.75. The third-order valence-electron chi connectivity index (χ3n) is 11.0. The molecule has 2 aromatic rings. The lowest BCUT2D eigenvalue weighted by Gasteiger charge is -2.66. The van der Waals surface area contributed by atoms with Crippen LogP contribution < -0.4 is 4.74 Å². The number of piperidine rings is 1. The smallest absolute Gasteiger partial charge is 0.329 e. The summed E-state index contributed by atoms with van der Waals surface area (Å²) in [5.41, 5.74) is 3.65. The van der Waals surface area contributed by atoms with Crippen LogP contribution in [0.2, 0.25) is 0 Å². The maximum Gasteiger partial charge on any atom is 0.329 e. The van der Waals surface area contributed by atoms with Gasteiger partial charge in [-0.1, -0.05) is 6.07 Å². The molecule has 0 spiro atoms. The average molecular weight is 459 g/mol. The fourth-order valence-corrected chi connectivity index (χ4v) is 9.80. The number of carbonyl (C=O) groups excluding carboxylic acids is 1. The minimum absolute atomic E-state index is 0.116. The number of amides is 1. The number of fused-ring (bicyclic) bond motifs is 1. The molecule has 0 N–H and O–H groups in total. The Morgan fingerprint density at radius 3 is 2.94 bits per heavy atom. The van der Waals surface area contributed by atoms with E-state index in [1.54, 1.807) is 41.5 Å². The lowest BCUT2D eigenvalue weighted by molar-refractivity contribution is -0.101. The molecule has 178 valence electrons. The van der Waals surface area contributed by atoms with E-state index in [0.29, 0.717) is 29.3 Å². The minimum atomic E-state index is 0.116. The van der Waals surface area contributed by atoms with Gasteiger partial charge >= 0.3 is 6.03 Å². The van der Waals surface area contributed by atoms with Gasteiger partial charge in [-0.25, -0.2) is 9.78 Å². The Morgan fingerprint density at radius 1 is 1.24 bits per heavy atom. The quantitative estimate of drug-likeness (QED) is 0.699. The molecule has 4 aliphatic carbocycles. The Morgan fingerprint density at radius 2 is 2.15 bits per heavy atom. The van der Waals surface area contributed by atoms with Gasteiger partial charge < -0.3 is 9.64 Å². The zero-order valence-electron chi connectivity index (χ0n) is 20.0. The molecule has 2 unspecified atom stereocenters. The number of aromatic nitrogens is 2. The maximum absolute atomic E-state index is 13.5. The predicted octanol–water partition coefficient (Wildman–Crippen LogP) is 3.94. The SMILES string of the molecule is COc1ccc2c(c1)[C@]13CCN(CC4CC4)[C@H](C2)[C@]12CCC1C3[C@@H](CN1C(=O)n1ccnc1)C2. The van der Waals surface area contributed by atoms with Crippen LogP contribution in [0.5, 0.6) is 5.75 Å². The van der Waals surface area contributed by atoms with Crippen LogP contribution in [0.25, 0.3) is 0 Å². The monoisotopic (exact) mass is 458 g/mol. The standard InChI is InChI=1S/C28H34N4O2/c1-34-21-5-4-19-12-24-27-7-6-23-25(20(14-27)16-32(23)26(33)31-11-9-29-17-31)28(27,22(19)13-21)8-10-30(24)15-18-2-3-18/h4-5,9,11,13,17-18,20,23-25H,2-3,6-8,10,12,14-16H2,1H3/t20-,23?,24-,25?,27-,28+/m1/s1. The number of hydrogen-bond donors (Lipinski definition) is 0. The van der Waals surface area contributed by atoms with Gasteiger partial charge in [0.05, 0.1) is 7.11 Å². The van der Waals surface area contributed by atoms with Gasteiger partial charge in [-0.2, -0.15) is 0 Å². The summed E-state index contributed by atoms with van der Waals surface area (Å²) in [6.07, 6.45) is 14.1. The molecule has 6 nitrogen and oxygen atoms in total. The molecule has 3 saturated carbocycles.